The molecule has 0 bridgehead atoms. The predicted molar refractivity (Wildman–Crippen MR) is 103 cm³/mol. The lowest BCUT2D eigenvalue weighted by Crippen LogP contribution is -2.28. The fourth-order valence-electron chi connectivity index (χ4n) is 3.25. The zero-order valence-electron chi connectivity index (χ0n) is 15.8. The molecular formula is C22H22FNO3. The lowest BCUT2D eigenvalue weighted by molar-refractivity contribution is 0.0539. The fraction of sp³-hybridized carbons (Fsp3) is 0.273. The highest BCUT2D eigenvalue weighted by Crippen LogP contribution is 2.34. The van der Waals surface area contributed by atoms with Crippen molar-refractivity contribution in [3.05, 3.63) is 71.2 Å². The summed E-state index contributed by atoms with van der Waals surface area (Å²) in [6, 6.07) is 13.3. The number of carbonyl (C=O) groups excluding carboxylic acids is 2. The molecular weight excluding hydrogens is 345 g/mol. The van der Waals surface area contributed by atoms with Gasteiger partial charge in [0.2, 0.25) is 0 Å². The first-order chi connectivity index (χ1) is 12.7. The molecule has 27 heavy (non-hydrogen) atoms. The van der Waals surface area contributed by atoms with E-state index in [-0.39, 0.29) is 11.7 Å². The minimum Gasteiger partial charge on any atom is -0.443 e. The van der Waals surface area contributed by atoms with E-state index in [9.17, 15) is 14.0 Å². The van der Waals surface area contributed by atoms with Gasteiger partial charge < -0.3 is 4.74 Å². The number of fused-ring (bicyclic) bond motifs is 1. The Balaban J connectivity index is 2.26. The van der Waals surface area contributed by atoms with Gasteiger partial charge in [0.1, 0.15) is 11.4 Å². The van der Waals surface area contributed by atoms with Crippen LogP contribution in [0.5, 0.6) is 0 Å². The van der Waals surface area contributed by atoms with E-state index in [1.165, 1.54) is 16.7 Å². The predicted octanol–water partition coefficient (Wildman–Crippen LogP) is 5.53. The molecule has 0 unspecified atom stereocenters. The van der Waals surface area contributed by atoms with E-state index in [1.54, 1.807) is 45.0 Å². The van der Waals surface area contributed by atoms with E-state index >= 15 is 0 Å². The second kappa shape index (κ2) is 6.99. The first kappa shape index (κ1) is 18.8. The molecule has 1 atom stereocenters. The summed E-state index contributed by atoms with van der Waals surface area (Å²) in [7, 11) is 0. The standard InChI is InChI=1S/C22H22FNO3/c1-14(15-9-11-16(23)12-10-15)20-18(13-25)17-7-5-6-8-19(17)24(20)21(26)27-22(2,3)4/h5-14H,1-4H3/t14-/m1/s1. The quantitative estimate of drug-likeness (QED) is 0.572. The van der Waals surface area contributed by atoms with Crippen LogP contribution < -0.4 is 0 Å². The normalized spacial score (nSPS) is 12.8. The monoisotopic (exact) mass is 367 g/mol. The molecule has 0 N–H and O–H groups in total. The van der Waals surface area contributed by atoms with E-state index in [1.807, 2.05) is 19.1 Å². The molecule has 0 amide bonds. The molecule has 1 aromatic heterocycles. The third-order valence-electron chi connectivity index (χ3n) is 4.43. The smallest absolute Gasteiger partial charge is 0.419 e. The van der Waals surface area contributed by atoms with Crippen LogP contribution in [0.1, 0.15) is 55.2 Å². The van der Waals surface area contributed by atoms with Gasteiger partial charge >= 0.3 is 6.09 Å². The highest BCUT2D eigenvalue weighted by atomic mass is 19.1. The van der Waals surface area contributed by atoms with Crippen molar-refractivity contribution in [1.29, 1.82) is 0 Å². The van der Waals surface area contributed by atoms with Gasteiger partial charge in [-0.05, 0) is 44.5 Å². The number of hydrogen-bond acceptors (Lipinski definition) is 3. The van der Waals surface area contributed by atoms with Crippen molar-refractivity contribution in [2.45, 2.75) is 39.2 Å². The highest BCUT2D eigenvalue weighted by Gasteiger charge is 2.28. The molecule has 0 aliphatic carbocycles. The van der Waals surface area contributed by atoms with Crippen LogP contribution in [0.2, 0.25) is 0 Å². The van der Waals surface area contributed by atoms with Crippen LogP contribution in [0.4, 0.5) is 9.18 Å². The van der Waals surface area contributed by atoms with Crippen molar-refractivity contribution in [3.8, 4) is 0 Å². The summed E-state index contributed by atoms with van der Waals surface area (Å²) in [4.78, 5) is 24.9. The van der Waals surface area contributed by atoms with Crippen LogP contribution in [0.3, 0.4) is 0 Å². The molecule has 3 rings (SSSR count). The first-order valence-corrected chi connectivity index (χ1v) is 8.80. The number of aromatic nitrogens is 1. The fourth-order valence-corrected chi connectivity index (χ4v) is 3.25. The summed E-state index contributed by atoms with van der Waals surface area (Å²) >= 11 is 0. The van der Waals surface area contributed by atoms with Crippen molar-refractivity contribution in [2.24, 2.45) is 0 Å². The number of para-hydroxylation sites is 1. The van der Waals surface area contributed by atoms with E-state index in [0.717, 1.165) is 11.8 Å². The average Bonchev–Trinajstić information content (AvgIpc) is 2.94. The van der Waals surface area contributed by atoms with Crippen LogP contribution in [-0.4, -0.2) is 22.5 Å². The number of halogens is 1. The average molecular weight is 367 g/mol. The van der Waals surface area contributed by atoms with Crippen LogP contribution >= 0.6 is 0 Å². The van der Waals surface area contributed by atoms with Crippen LogP contribution in [0.25, 0.3) is 10.9 Å². The molecule has 0 saturated heterocycles. The molecule has 0 aliphatic heterocycles. The molecule has 0 spiro atoms. The van der Waals surface area contributed by atoms with Crippen molar-refractivity contribution >= 4 is 23.3 Å². The summed E-state index contributed by atoms with van der Waals surface area (Å²) in [6.45, 7) is 7.26. The van der Waals surface area contributed by atoms with Gasteiger partial charge in [0.05, 0.1) is 5.52 Å². The molecule has 0 saturated carbocycles. The number of carbonyl (C=O) groups is 2. The molecule has 0 fully saturated rings. The third-order valence-corrected chi connectivity index (χ3v) is 4.43. The zero-order chi connectivity index (χ0) is 19.8. The first-order valence-electron chi connectivity index (χ1n) is 8.80. The second-order valence-electron chi connectivity index (χ2n) is 7.52. The maximum absolute atomic E-state index is 13.3. The van der Waals surface area contributed by atoms with Crippen LogP contribution in [0.15, 0.2) is 48.5 Å². The van der Waals surface area contributed by atoms with Gasteiger partial charge in [0, 0.05) is 22.6 Å². The Bertz CT molecular complexity index is 997. The topological polar surface area (TPSA) is 48.3 Å². The van der Waals surface area contributed by atoms with Gasteiger partial charge in [-0.1, -0.05) is 37.3 Å². The van der Waals surface area contributed by atoms with Crippen molar-refractivity contribution in [3.63, 3.8) is 0 Å². The van der Waals surface area contributed by atoms with E-state index < -0.39 is 11.7 Å². The number of aldehydes is 1. The Hall–Kier alpha value is -2.95. The maximum atomic E-state index is 13.3. The van der Waals surface area contributed by atoms with Crippen molar-refractivity contribution < 1.29 is 18.7 Å². The lowest BCUT2D eigenvalue weighted by atomic mass is 9.94. The summed E-state index contributed by atoms with van der Waals surface area (Å²) in [5.74, 6) is -0.653. The highest BCUT2D eigenvalue weighted by molar-refractivity contribution is 6.03. The van der Waals surface area contributed by atoms with Crippen molar-refractivity contribution in [1.82, 2.24) is 4.57 Å². The Morgan fingerprint density at radius 3 is 2.33 bits per heavy atom. The molecule has 5 heteroatoms. The second-order valence-corrected chi connectivity index (χ2v) is 7.52. The van der Waals surface area contributed by atoms with Gasteiger partial charge in [-0.25, -0.2) is 13.8 Å². The largest absolute Gasteiger partial charge is 0.443 e. The van der Waals surface area contributed by atoms with Crippen LogP contribution in [0, 0.1) is 5.82 Å². The zero-order valence-corrected chi connectivity index (χ0v) is 15.8. The lowest BCUT2D eigenvalue weighted by Gasteiger charge is -2.22. The Labute approximate surface area is 157 Å². The molecule has 3 aromatic rings. The Morgan fingerprint density at radius 1 is 1.11 bits per heavy atom. The number of ether oxygens (including phenoxy) is 1. The maximum Gasteiger partial charge on any atom is 0.419 e. The van der Waals surface area contributed by atoms with E-state index in [4.69, 9.17) is 4.74 Å². The minimum absolute atomic E-state index is 0.314. The minimum atomic E-state index is -0.680. The SMILES string of the molecule is C[C@H](c1ccc(F)cc1)c1c(C=O)c2ccccc2n1C(=O)OC(C)(C)C. The third kappa shape index (κ3) is 3.63. The van der Waals surface area contributed by atoms with Gasteiger partial charge in [0.25, 0.3) is 0 Å². The number of rotatable bonds is 3. The summed E-state index contributed by atoms with van der Waals surface area (Å²) in [5.41, 5.74) is 1.70. The van der Waals surface area contributed by atoms with Gasteiger partial charge in [-0.3, -0.25) is 4.79 Å². The molecule has 140 valence electrons. The molecule has 0 radical (unpaired) electrons. The summed E-state index contributed by atoms with van der Waals surface area (Å²) in [5, 5.41) is 0.683. The number of nitrogens with zero attached hydrogens (tertiary/aromatic N) is 1. The van der Waals surface area contributed by atoms with E-state index in [2.05, 4.69) is 0 Å². The van der Waals surface area contributed by atoms with Gasteiger partial charge in [-0.15, -0.1) is 0 Å². The number of benzene rings is 2. The molecule has 4 nitrogen and oxygen atoms in total. The Morgan fingerprint density at radius 2 is 1.74 bits per heavy atom. The molecule has 0 aliphatic rings. The molecule has 1 heterocycles. The summed E-state index contributed by atoms with van der Waals surface area (Å²) < 4.78 is 20.4. The Kier molecular flexibility index (Phi) is 4.87. The molecule has 2 aromatic carbocycles. The van der Waals surface area contributed by atoms with Gasteiger partial charge in [0.15, 0.2) is 6.29 Å². The van der Waals surface area contributed by atoms with E-state index in [0.29, 0.717) is 22.2 Å². The van der Waals surface area contributed by atoms with Crippen molar-refractivity contribution in [2.75, 3.05) is 0 Å². The van der Waals surface area contributed by atoms with Crippen LogP contribution in [-0.2, 0) is 4.74 Å². The number of hydrogen-bond donors (Lipinski definition) is 0. The van der Waals surface area contributed by atoms with Gasteiger partial charge in [-0.2, -0.15) is 0 Å². The summed E-state index contributed by atoms with van der Waals surface area (Å²) in [6.07, 6.45) is 0.217.